The normalized spacial score (nSPS) is 12.1. The quantitative estimate of drug-likeness (QED) is 0.876. The zero-order valence-corrected chi connectivity index (χ0v) is 10.3. The number of carbonyl (C=O) groups is 1. The van der Waals surface area contributed by atoms with Gasteiger partial charge in [-0.3, -0.25) is 0 Å². The number of hydrogen-bond donors (Lipinski definition) is 2. The number of aliphatic hydroxyl groups is 1. The van der Waals surface area contributed by atoms with Crippen molar-refractivity contribution in [3.05, 3.63) is 29.0 Å². The van der Waals surface area contributed by atoms with Crippen LogP contribution in [0.25, 0.3) is 0 Å². The van der Waals surface area contributed by atoms with Gasteiger partial charge < -0.3 is 15.3 Å². The number of likely N-dealkylation sites (N-methyl/N-ethyl adjacent to an activating group) is 1. The maximum atomic E-state index is 13.1. The molecule has 0 aliphatic rings. The molecule has 4 nitrogen and oxygen atoms in total. The summed E-state index contributed by atoms with van der Waals surface area (Å²) in [6.45, 7) is 1.56. The van der Waals surface area contributed by atoms with Crippen LogP contribution < -0.4 is 5.32 Å². The van der Waals surface area contributed by atoms with E-state index in [4.69, 9.17) is 16.7 Å². The lowest BCUT2D eigenvalue weighted by atomic mass is 10.3. The largest absolute Gasteiger partial charge is 0.394 e. The van der Waals surface area contributed by atoms with E-state index in [-0.39, 0.29) is 17.7 Å². The van der Waals surface area contributed by atoms with Gasteiger partial charge in [-0.15, -0.1) is 0 Å². The number of aliphatic hydroxyl groups excluding tert-OH is 1. The van der Waals surface area contributed by atoms with Crippen molar-refractivity contribution in [1.82, 2.24) is 4.90 Å². The molecule has 1 unspecified atom stereocenters. The van der Waals surface area contributed by atoms with Gasteiger partial charge in [-0.2, -0.15) is 0 Å². The summed E-state index contributed by atoms with van der Waals surface area (Å²) in [4.78, 5) is 13.0. The molecule has 0 heterocycles. The molecule has 1 aromatic carbocycles. The van der Waals surface area contributed by atoms with Crippen molar-refractivity contribution in [3.8, 4) is 0 Å². The van der Waals surface area contributed by atoms with Crippen molar-refractivity contribution in [2.75, 3.05) is 19.0 Å². The van der Waals surface area contributed by atoms with Crippen molar-refractivity contribution in [3.63, 3.8) is 0 Å². The average molecular weight is 261 g/mol. The average Bonchev–Trinajstić information content (AvgIpc) is 2.31. The first-order chi connectivity index (χ1) is 7.95. The van der Waals surface area contributed by atoms with Crippen LogP contribution in [0.1, 0.15) is 6.92 Å². The number of carbonyl (C=O) groups excluding carboxylic acids is 1. The van der Waals surface area contributed by atoms with E-state index in [0.29, 0.717) is 5.69 Å². The number of rotatable bonds is 3. The predicted octanol–water partition coefficient (Wildman–Crippen LogP) is 2.32. The van der Waals surface area contributed by atoms with Crippen LogP contribution in [0.15, 0.2) is 18.2 Å². The summed E-state index contributed by atoms with van der Waals surface area (Å²) >= 11 is 5.52. The third kappa shape index (κ3) is 3.57. The highest BCUT2D eigenvalue weighted by molar-refractivity contribution is 6.30. The van der Waals surface area contributed by atoms with Crippen LogP contribution in [0.5, 0.6) is 0 Å². The molecule has 94 valence electrons. The molecule has 0 bridgehead atoms. The molecule has 1 aromatic rings. The van der Waals surface area contributed by atoms with Gasteiger partial charge in [0.25, 0.3) is 0 Å². The van der Waals surface area contributed by atoms with E-state index in [0.717, 1.165) is 6.07 Å². The first kappa shape index (κ1) is 13.7. The molecule has 0 saturated carbocycles. The van der Waals surface area contributed by atoms with E-state index >= 15 is 0 Å². The number of hydrogen-bond acceptors (Lipinski definition) is 2. The number of urea groups is 1. The first-order valence-electron chi connectivity index (χ1n) is 5.05. The number of nitrogens with zero attached hydrogens (tertiary/aromatic N) is 1. The predicted molar refractivity (Wildman–Crippen MR) is 64.7 cm³/mol. The molecule has 0 fully saturated rings. The SMILES string of the molecule is CC(CO)N(C)C(=O)Nc1ccc(Cl)c(F)c1. The van der Waals surface area contributed by atoms with E-state index < -0.39 is 11.8 Å². The van der Waals surface area contributed by atoms with Gasteiger partial charge in [-0.1, -0.05) is 11.6 Å². The van der Waals surface area contributed by atoms with Crippen molar-refractivity contribution in [1.29, 1.82) is 0 Å². The summed E-state index contributed by atoms with van der Waals surface area (Å²) in [5.41, 5.74) is 0.314. The summed E-state index contributed by atoms with van der Waals surface area (Å²) in [5, 5.41) is 11.4. The number of nitrogens with one attached hydrogen (secondary N) is 1. The molecule has 6 heteroatoms. The molecule has 17 heavy (non-hydrogen) atoms. The van der Waals surface area contributed by atoms with Gasteiger partial charge >= 0.3 is 6.03 Å². The van der Waals surface area contributed by atoms with Gasteiger partial charge in [-0.25, -0.2) is 9.18 Å². The Morgan fingerprint density at radius 2 is 2.29 bits per heavy atom. The van der Waals surface area contributed by atoms with E-state index in [2.05, 4.69) is 5.32 Å². The molecule has 0 aliphatic carbocycles. The molecule has 2 amide bonds. The molecular weight excluding hydrogens is 247 g/mol. The van der Waals surface area contributed by atoms with Gasteiger partial charge in [0.15, 0.2) is 0 Å². The van der Waals surface area contributed by atoms with Crippen molar-refractivity contribution in [2.24, 2.45) is 0 Å². The minimum absolute atomic E-state index is 0.0000739. The Kier molecular flexibility index (Phi) is 4.72. The summed E-state index contributed by atoms with van der Waals surface area (Å²) in [5.74, 6) is -0.595. The molecule has 0 spiro atoms. The zero-order valence-electron chi connectivity index (χ0n) is 9.58. The molecule has 0 saturated heterocycles. The standard InChI is InChI=1S/C11H14ClFN2O2/c1-7(6-16)15(2)11(17)14-8-3-4-9(12)10(13)5-8/h3-5,7,16H,6H2,1-2H3,(H,14,17). The van der Waals surface area contributed by atoms with E-state index in [1.807, 2.05) is 0 Å². The molecule has 1 atom stereocenters. The Morgan fingerprint density at radius 3 is 2.82 bits per heavy atom. The third-order valence-corrected chi connectivity index (χ3v) is 2.72. The van der Waals surface area contributed by atoms with Crippen LogP contribution in [-0.2, 0) is 0 Å². The molecule has 0 aliphatic heterocycles. The van der Waals surface area contributed by atoms with E-state index in [9.17, 15) is 9.18 Å². The first-order valence-corrected chi connectivity index (χ1v) is 5.43. The molecule has 0 aromatic heterocycles. The number of benzene rings is 1. The maximum Gasteiger partial charge on any atom is 0.321 e. The molecule has 2 N–H and O–H groups in total. The molecular formula is C11H14ClFN2O2. The second kappa shape index (κ2) is 5.84. The van der Waals surface area contributed by atoms with Crippen molar-refractivity contribution >= 4 is 23.3 Å². The van der Waals surface area contributed by atoms with Crippen molar-refractivity contribution in [2.45, 2.75) is 13.0 Å². The highest BCUT2D eigenvalue weighted by Gasteiger charge is 2.15. The number of anilines is 1. The number of amides is 2. The Hall–Kier alpha value is -1.33. The topological polar surface area (TPSA) is 52.6 Å². The fraction of sp³-hybridized carbons (Fsp3) is 0.364. The fourth-order valence-electron chi connectivity index (χ4n) is 1.11. The van der Waals surface area contributed by atoms with Gasteiger partial charge in [0.05, 0.1) is 17.7 Å². The van der Waals surface area contributed by atoms with Crippen LogP contribution in [0, 0.1) is 5.82 Å². The second-order valence-electron chi connectivity index (χ2n) is 3.70. The van der Waals surface area contributed by atoms with E-state index in [1.165, 1.54) is 17.0 Å². The minimum Gasteiger partial charge on any atom is -0.394 e. The summed E-state index contributed by atoms with van der Waals surface area (Å²) in [6.07, 6.45) is 0. The Labute approximate surface area is 104 Å². The second-order valence-corrected chi connectivity index (χ2v) is 4.11. The zero-order chi connectivity index (χ0) is 13.0. The Bertz CT molecular complexity index is 414. The fourth-order valence-corrected chi connectivity index (χ4v) is 1.23. The Balaban J connectivity index is 2.71. The summed E-state index contributed by atoms with van der Waals surface area (Å²) in [7, 11) is 1.54. The smallest absolute Gasteiger partial charge is 0.321 e. The van der Waals surface area contributed by atoms with Crippen LogP contribution >= 0.6 is 11.6 Å². The maximum absolute atomic E-state index is 13.1. The summed E-state index contributed by atoms with van der Waals surface area (Å²) in [6, 6.07) is 3.26. The highest BCUT2D eigenvalue weighted by atomic mass is 35.5. The summed E-state index contributed by atoms with van der Waals surface area (Å²) < 4.78 is 13.1. The van der Waals surface area contributed by atoms with Crippen LogP contribution in [0.2, 0.25) is 5.02 Å². The minimum atomic E-state index is -0.595. The lowest BCUT2D eigenvalue weighted by Gasteiger charge is -2.23. The van der Waals surface area contributed by atoms with Crippen LogP contribution in [-0.4, -0.2) is 35.7 Å². The van der Waals surface area contributed by atoms with Crippen LogP contribution in [0.3, 0.4) is 0 Å². The highest BCUT2D eigenvalue weighted by Crippen LogP contribution is 2.18. The van der Waals surface area contributed by atoms with Gasteiger partial charge in [0.2, 0.25) is 0 Å². The van der Waals surface area contributed by atoms with Crippen LogP contribution in [0.4, 0.5) is 14.9 Å². The van der Waals surface area contributed by atoms with Gasteiger partial charge in [-0.05, 0) is 25.1 Å². The third-order valence-electron chi connectivity index (χ3n) is 2.42. The van der Waals surface area contributed by atoms with E-state index in [1.54, 1.807) is 14.0 Å². The lowest BCUT2D eigenvalue weighted by Crippen LogP contribution is -2.40. The lowest BCUT2D eigenvalue weighted by molar-refractivity contribution is 0.166. The molecule has 0 radical (unpaired) electrons. The van der Waals surface area contributed by atoms with Gasteiger partial charge in [0, 0.05) is 12.7 Å². The number of halogens is 2. The van der Waals surface area contributed by atoms with Crippen molar-refractivity contribution < 1.29 is 14.3 Å². The Morgan fingerprint density at radius 1 is 1.65 bits per heavy atom. The monoisotopic (exact) mass is 260 g/mol. The van der Waals surface area contributed by atoms with Gasteiger partial charge in [0.1, 0.15) is 5.82 Å². The molecule has 1 rings (SSSR count).